The Hall–Kier alpha value is -1.66. The quantitative estimate of drug-likeness (QED) is 0.612. The Labute approximate surface area is 86.9 Å². The fraction of sp³-hybridized carbons (Fsp3) is 0. The standard InChI is InChI=1S/C9H7O5S/c10-7-3-5-8-4-1-2-6-9(8)14-15(11,12)13/h1-6H,(H,11,12,13)/b5-3+. The van der Waals surface area contributed by atoms with E-state index < -0.39 is 10.4 Å². The van der Waals surface area contributed by atoms with E-state index in [9.17, 15) is 13.2 Å². The van der Waals surface area contributed by atoms with E-state index in [1.165, 1.54) is 30.6 Å². The SMILES string of the molecule is O=[C]/C=C/c1ccccc1OS(=O)(=O)O. The smallest absolute Gasteiger partial charge is 0.361 e. The summed E-state index contributed by atoms with van der Waals surface area (Å²) >= 11 is 0. The van der Waals surface area contributed by atoms with Crippen LogP contribution in [0.15, 0.2) is 30.3 Å². The number of para-hydroxylation sites is 1. The van der Waals surface area contributed by atoms with E-state index in [1.807, 2.05) is 0 Å². The summed E-state index contributed by atoms with van der Waals surface area (Å²) in [5.41, 5.74) is 0.346. The maximum Gasteiger partial charge on any atom is 0.446 e. The molecular weight excluding hydrogens is 220 g/mol. The van der Waals surface area contributed by atoms with Gasteiger partial charge in [-0.3, -0.25) is 9.35 Å². The summed E-state index contributed by atoms with van der Waals surface area (Å²) in [5, 5.41) is 0. The third kappa shape index (κ3) is 3.92. The molecule has 1 radical (unpaired) electrons. The summed E-state index contributed by atoms with van der Waals surface area (Å²) in [6, 6.07) is 6.02. The van der Waals surface area contributed by atoms with E-state index in [4.69, 9.17) is 4.55 Å². The molecule has 0 amide bonds. The van der Waals surface area contributed by atoms with Gasteiger partial charge in [-0.15, -0.1) is 0 Å². The van der Waals surface area contributed by atoms with Crippen molar-refractivity contribution in [2.75, 3.05) is 0 Å². The molecule has 0 saturated carbocycles. The van der Waals surface area contributed by atoms with Crippen molar-refractivity contribution in [1.29, 1.82) is 0 Å². The Morgan fingerprint density at radius 1 is 1.33 bits per heavy atom. The van der Waals surface area contributed by atoms with Crippen LogP contribution in [0.3, 0.4) is 0 Å². The Kier molecular flexibility index (Phi) is 3.59. The summed E-state index contributed by atoms with van der Waals surface area (Å²) < 4.78 is 33.7. The molecule has 0 fully saturated rings. The predicted octanol–water partition coefficient (Wildman–Crippen LogP) is 0.991. The van der Waals surface area contributed by atoms with Crippen molar-refractivity contribution in [3.8, 4) is 5.75 Å². The molecule has 0 atom stereocenters. The van der Waals surface area contributed by atoms with E-state index in [0.717, 1.165) is 6.08 Å². The summed E-state index contributed by atoms with van der Waals surface area (Å²) in [4.78, 5) is 9.95. The van der Waals surface area contributed by atoms with Crippen molar-refractivity contribution in [3.05, 3.63) is 35.9 Å². The molecule has 6 heteroatoms. The van der Waals surface area contributed by atoms with E-state index in [0.29, 0.717) is 5.56 Å². The van der Waals surface area contributed by atoms with E-state index in [-0.39, 0.29) is 5.75 Å². The largest absolute Gasteiger partial charge is 0.446 e. The van der Waals surface area contributed by atoms with E-state index >= 15 is 0 Å². The number of rotatable bonds is 4. The fourth-order valence-electron chi connectivity index (χ4n) is 0.931. The van der Waals surface area contributed by atoms with Gasteiger partial charge in [0.15, 0.2) is 5.75 Å². The monoisotopic (exact) mass is 227 g/mol. The van der Waals surface area contributed by atoms with Crippen molar-refractivity contribution in [2.45, 2.75) is 0 Å². The van der Waals surface area contributed by atoms with Gasteiger partial charge in [0, 0.05) is 5.56 Å². The normalized spacial score (nSPS) is 11.5. The van der Waals surface area contributed by atoms with E-state index in [1.54, 1.807) is 6.07 Å². The third-order valence-corrected chi connectivity index (χ3v) is 1.84. The van der Waals surface area contributed by atoms with Gasteiger partial charge in [-0.2, -0.15) is 8.42 Å². The molecule has 0 bridgehead atoms. The van der Waals surface area contributed by atoms with Crippen LogP contribution >= 0.6 is 0 Å². The van der Waals surface area contributed by atoms with Gasteiger partial charge in [-0.25, -0.2) is 0 Å². The fourth-order valence-corrected chi connectivity index (χ4v) is 1.31. The lowest BCUT2D eigenvalue weighted by atomic mass is 10.2. The third-order valence-electron chi connectivity index (χ3n) is 1.45. The highest BCUT2D eigenvalue weighted by molar-refractivity contribution is 7.81. The molecule has 0 unspecified atom stereocenters. The number of allylic oxidation sites excluding steroid dienone is 1. The summed E-state index contributed by atoms with van der Waals surface area (Å²) in [5.74, 6) is -0.0634. The minimum absolute atomic E-state index is 0.0634. The van der Waals surface area contributed by atoms with Gasteiger partial charge < -0.3 is 4.18 Å². The molecule has 5 nitrogen and oxygen atoms in total. The van der Waals surface area contributed by atoms with Gasteiger partial charge in [-0.05, 0) is 18.2 Å². The van der Waals surface area contributed by atoms with Crippen LogP contribution < -0.4 is 4.18 Å². The Morgan fingerprint density at radius 2 is 2.00 bits per heavy atom. The topological polar surface area (TPSA) is 80.7 Å². The highest BCUT2D eigenvalue weighted by Crippen LogP contribution is 2.20. The average molecular weight is 227 g/mol. The zero-order chi connectivity index (χ0) is 11.3. The maximum atomic E-state index is 10.5. The van der Waals surface area contributed by atoms with Crippen LogP contribution in [0.2, 0.25) is 0 Å². The first-order chi connectivity index (χ1) is 7.03. The van der Waals surface area contributed by atoms with Gasteiger partial charge in [0.25, 0.3) is 0 Å². The molecule has 0 aliphatic carbocycles. The second kappa shape index (κ2) is 4.72. The molecule has 0 saturated heterocycles. The van der Waals surface area contributed by atoms with Gasteiger partial charge >= 0.3 is 10.4 Å². The number of hydrogen-bond acceptors (Lipinski definition) is 4. The van der Waals surface area contributed by atoms with Crippen molar-refractivity contribution < 1.29 is 21.9 Å². The maximum absolute atomic E-state index is 10.5. The summed E-state index contributed by atoms with van der Waals surface area (Å²) in [7, 11) is -4.56. The number of benzene rings is 1. The van der Waals surface area contributed by atoms with Gasteiger partial charge in [0.2, 0.25) is 6.29 Å². The summed E-state index contributed by atoms with van der Waals surface area (Å²) in [6.45, 7) is 0. The van der Waals surface area contributed by atoms with Crippen LogP contribution in [-0.2, 0) is 15.2 Å². The molecule has 0 heterocycles. The molecular formula is C9H7O5S. The van der Waals surface area contributed by atoms with Crippen molar-refractivity contribution in [2.24, 2.45) is 0 Å². The minimum atomic E-state index is -4.56. The predicted molar refractivity (Wildman–Crippen MR) is 53.3 cm³/mol. The molecule has 0 aromatic heterocycles. The Bertz CT molecular complexity index is 475. The van der Waals surface area contributed by atoms with Gasteiger partial charge in [-0.1, -0.05) is 18.2 Å². The molecule has 79 valence electrons. The first-order valence-corrected chi connectivity index (χ1v) is 5.19. The molecule has 1 rings (SSSR count). The van der Waals surface area contributed by atoms with Crippen LogP contribution in [0.4, 0.5) is 0 Å². The minimum Gasteiger partial charge on any atom is -0.361 e. The van der Waals surface area contributed by atoms with E-state index in [2.05, 4.69) is 4.18 Å². The molecule has 1 aromatic carbocycles. The Morgan fingerprint density at radius 3 is 2.60 bits per heavy atom. The summed E-state index contributed by atoms with van der Waals surface area (Å²) in [6.07, 6.45) is 3.88. The molecule has 0 aliphatic heterocycles. The lowest BCUT2D eigenvalue weighted by Gasteiger charge is -2.03. The highest BCUT2D eigenvalue weighted by atomic mass is 32.3. The lowest BCUT2D eigenvalue weighted by Crippen LogP contribution is -2.07. The highest BCUT2D eigenvalue weighted by Gasteiger charge is 2.08. The van der Waals surface area contributed by atoms with Crippen LogP contribution in [0.1, 0.15) is 5.56 Å². The zero-order valence-electron chi connectivity index (χ0n) is 7.45. The lowest BCUT2D eigenvalue weighted by molar-refractivity contribution is 0.386. The second-order valence-electron chi connectivity index (χ2n) is 2.50. The molecule has 1 aromatic rings. The van der Waals surface area contributed by atoms with Crippen molar-refractivity contribution in [3.63, 3.8) is 0 Å². The number of carbonyl (C=O) groups excluding carboxylic acids is 1. The van der Waals surface area contributed by atoms with Crippen LogP contribution in [0.25, 0.3) is 6.08 Å². The average Bonchev–Trinajstić information content (AvgIpc) is 2.14. The molecule has 15 heavy (non-hydrogen) atoms. The molecule has 1 N–H and O–H groups in total. The Balaban J connectivity index is 3.06. The van der Waals surface area contributed by atoms with Crippen LogP contribution in [0, 0.1) is 0 Å². The zero-order valence-corrected chi connectivity index (χ0v) is 8.27. The van der Waals surface area contributed by atoms with Crippen LogP contribution in [0.5, 0.6) is 5.75 Å². The van der Waals surface area contributed by atoms with Crippen LogP contribution in [-0.4, -0.2) is 19.3 Å². The molecule has 0 aliphatic rings. The van der Waals surface area contributed by atoms with Crippen molar-refractivity contribution >= 4 is 22.8 Å². The first-order valence-electron chi connectivity index (χ1n) is 3.83. The first kappa shape index (κ1) is 11.4. The van der Waals surface area contributed by atoms with Gasteiger partial charge in [0.05, 0.1) is 0 Å². The van der Waals surface area contributed by atoms with Crippen molar-refractivity contribution in [1.82, 2.24) is 0 Å². The number of hydrogen-bond donors (Lipinski definition) is 1. The van der Waals surface area contributed by atoms with Gasteiger partial charge in [0.1, 0.15) is 0 Å². The second-order valence-corrected chi connectivity index (χ2v) is 3.52. The molecule has 0 spiro atoms.